The van der Waals surface area contributed by atoms with E-state index in [2.05, 4.69) is 31.5 Å². The molecule has 0 saturated heterocycles. The zero-order chi connectivity index (χ0) is 8.97. The van der Waals surface area contributed by atoms with Crippen molar-refractivity contribution in [2.45, 2.75) is 26.7 Å². The van der Waals surface area contributed by atoms with Gasteiger partial charge in [0.2, 0.25) is 0 Å². The maximum absolute atomic E-state index is 3.95. The normalized spacial score (nSPS) is 15.4. The maximum atomic E-state index is 3.95. The zero-order valence-corrected chi connectivity index (χ0v) is 11.3. The first-order chi connectivity index (χ1) is 5.74. The molecule has 0 unspecified atom stereocenters. The SMILES string of the molecule is C=C1C=CC(C)=[C-]N1CCCC.[Y]. The van der Waals surface area contributed by atoms with Gasteiger partial charge in [0.1, 0.15) is 0 Å². The third kappa shape index (κ3) is 4.24. The molecule has 0 atom stereocenters. The van der Waals surface area contributed by atoms with Gasteiger partial charge in [0.15, 0.2) is 0 Å². The number of allylic oxidation sites excluding steroid dienone is 3. The fraction of sp³-hybridized carbons (Fsp3) is 0.455. The second kappa shape index (κ2) is 6.56. The van der Waals surface area contributed by atoms with Gasteiger partial charge in [-0.2, -0.15) is 6.08 Å². The first-order valence-corrected chi connectivity index (χ1v) is 4.48. The van der Waals surface area contributed by atoms with Crippen molar-refractivity contribution < 1.29 is 32.7 Å². The molecule has 0 aromatic rings. The van der Waals surface area contributed by atoms with Crippen LogP contribution < -0.4 is 0 Å². The summed E-state index contributed by atoms with van der Waals surface area (Å²) < 4.78 is 0. The summed E-state index contributed by atoms with van der Waals surface area (Å²) >= 11 is 0. The summed E-state index contributed by atoms with van der Waals surface area (Å²) in [6.45, 7) is 9.24. The van der Waals surface area contributed by atoms with Crippen LogP contribution in [0.15, 0.2) is 30.0 Å². The van der Waals surface area contributed by atoms with E-state index in [4.69, 9.17) is 0 Å². The molecule has 13 heavy (non-hydrogen) atoms. The molecule has 0 aliphatic carbocycles. The van der Waals surface area contributed by atoms with Crippen LogP contribution in [0.4, 0.5) is 0 Å². The van der Waals surface area contributed by atoms with E-state index in [1.54, 1.807) is 0 Å². The molecular formula is C11H16NY-. The topological polar surface area (TPSA) is 3.24 Å². The second-order valence-corrected chi connectivity index (χ2v) is 3.12. The van der Waals surface area contributed by atoms with E-state index >= 15 is 0 Å². The summed E-state index contributed by atoms with van der Waals surface area (Å²) in [5.41, 5.74) is 2.23. The quantitative estimate of drug-likeness (QED) is 0.697. The molecule has 0 N–H and O–H groups in total. The third-order valence-corrected chi connectivity index (χ3v) is 1.92. The van der Waals surface area contributed by atoms with Crippen LogP contribution in [-0.2, 0) is 32.7 Å². The fourth-order valence-electron chi connectivity index (χ4n) is 1.15. The van der Waals surface area contributed by atoms with E-state index in [0.717, 1.165) is 12.2 Å². The Hall–Kier alpha value is 0.124. The average Bonchev–Trinajstić information content (AvgIpc) is 2.07. The molecule has 0 amide bonds. The van der Waals surface area contributed by atoms with Gasteiger partial charge in [-0.15, -0.1) is 18.2 Å². The van der Waals surface area contributed by atoms with Gasteiger partial charge in [0.05, 0.1) is 0 Å². The van der Waals surface area contributed by atoms with Crippen molar-refractivity contribution in [3.8, 4) is 0 Å². The Morgan fingerprint density at radius 1 is 1.46 bits per heavy atom. The van der Waals surface area contributed by atoms with Crippen molar-refractivity contribution in [3.63, 3.8) is 0 Å². The van der Waals surface area contributed by atoms with Crippen LogP contribution in [-0.4, -0.2) is 11.4 Å². The van der Waals surface area contributed by atoms with E-state index in [1.807, 2.05) is 12.2 Å². The van der Waals surface area contributed by atoms with Gasteiger partial charge in [-0.25, -0.2) is 0 Å². The molecule has 69 valence electrons. The molecule has 1 aliphatic heterocycles. The van der Waals surface area contributed by atoms with Crippen LogP contribution in [0.2, 0.25) is 0 Å². The minimum absolute atomic E-state index is 0. The van der Waals surface area contributed by atoms with E-state index in [9.17, 15) is 0 Å². The molecular weight excluding hydrogens is 235 g/mol. The molecule has 0 fully saturated rings. The summed E-state index contributed by atoms with van der Waals surface area (Å²) in [7, 11) is 0. The zero-order valence-electron chi connectivity index (χ0n) is 8.51. The molecule has 2 heteroatoms. The smallest absolute Gasteiger partial charge is 0 e. The average molecular weight is 251 g/mol. The Bertz CT molecular complexity index is 228. The van der Waals surface area contributed by atoms with E-state index in [-0.39, 0.29) is 32.7 Å². The predicted molar refractivity (Wildman–Crippen MR) is 52.3 cm³/mol. The molecule has 0 aromatic carbocycles. The minimum Gasteiger partial charge on any atom is -0.456 e. The summed E-state index contributed by atoms with van der Waals surface area (Å²) in [5.74, 6) is 0. The first kappa shape index (κ1) is 13.1. The maximum Gasteiger partial charge on any atom is 0 e. The Labute approximate surface area is 106 Å². The van der Waals surface area contributed by atoms with Crippen molar-refractivity contribution in [3.05, 3.63) is 36.2 Å². The van der Waals surface area contributed by atoms with Gasteiger partial charge in [0, 0.05) is 32.7 Å². The number of nitrogens with zero attached hydrogens (tertiary/aromatic N) is 1. The van der Waals surface area contributed by atoms with Crippen LogP contribution in [0.5, 0.6) is 0 Å². The van der Waals surface area contributed by atoms with Gasteiger partial charge in [-0.1, -0.05) is 32.2 Å². The third-order valence-electron chi connectivity index (χ3n) is 1.92. The van der Waals surface area contributed by atoms with Crippen LogP contribution in [0.3, 0.4) is 0 Å². The minimum atomic E-state index is 0. The summed E-state index contributed by atoms with van der Waals surface area (Å²) in [5, 5.41) is 0. The molecule has 0 bridgehead atoms. The first-order valence-electron chi connectivity index (χ1n) is 4.48. The number of hydrogen-bond acceptors (Lipinski definition) is 1. The molecule has 1 radical (unpaired) electrons. The van der Waals surface area contributed by atoms with Crippen molar-refractivity contribution in [1.29, 1.82) is 0 Å². The summed E-state index contributed by atoms with van der Waals surface area (Å²) in [4.78, 5) is 2.10. The Kier molecular flexibility index (Phi) is 6.62. The fourth-order valence-corrected chi connectivity index (χ4v) is 1.15. The molecule has 1 rings (SSSR count). The Morgan fingerprint density at radius 2 is 2.15 bits per heavy atom. The molecule has 0 saturated carbocycles. The van der Waals surface area contributed by atoms with E-state index < -0.39 is 0 Å². The Morgan fingerprint density at radius 3 is 2.77 bits per heavy atom. The predicted octanol–water partition coefficient (Wildman–Crippen LogP) is 2.88. The van der Waals surface area contributed by atoms with Gasteiger partial charge in [-0.3, -0.25) is 0 Å². The monoisotopic (exact) mass is 251 g/mol. The molecule has 1 nitrogen and oxygen atoms in total. The Balaban J connectivity index is 0.00000144. The number of rotatable bonds is 3. The molecule has 1 heterocycles. The van der Waals surface area contributed by atoms with Crippen molar-refractivity contribution in [2.75, 3.05) is 6.54 Å². The largest absolute Gasteiger partial charge is 0.456 e. The van der Waals surface area contributed by atoms with E-state index in [1.165, 1.54) is 18.4 Å². The van der Waals surface area contributed by atoms with Crippen LogP contribution in [0.1, 0.15) is 26.7 Å². The van der Waals surface area contributed by atoms with Crippen LogP contribution in [0.25, 0.3) is 0 Å². The van der Waals surface area contributed by atoms with Crippen LogP contribution in [0, 0.1) is 6.20 Å². The number of unbranched alkanes of at least 4 members (excludes halogenated alkanes) is 1. The van der Waals surface area contributed by atoms with Crippen molar-refractivity contribution in [1.82, 2.24) is 4.90 Å². The van der Waals surface area contributed by atoms with Gasteiger partial charge >= 0.3 is 0 Å². The van der Waals surface area contributed by atoms with Gasteiger partial charge < -0.3 is 4.90 Å². The molecule has 1 aliphatic rings. The van der Waals surface area contributed by atoms with Gasteiger partial charge in [-0.05, 0) is 13.0 Å². The van der Waals surface area contributed by atoms with Crippen molar-refractivity contribution in [2.24, 2.45) is 0 Å². The van der Waals surface area contributed by atoms with E-state index in [0.29, 0.717) is 0 Å². The standard InChI is InChI=1S/C11H16N.Y/c1-4-5-8-12-9-10(2)6-7-11(12)3;/h6-7H,3-5,8H2,1-2H3;/q-1;. The molecule has 0 aromatic heterocycles. The summed E-state index contributed by atoms with van der Waals surface area (Å²) in [6, 6.07) is 0. The number of hydrogen-bond donors (Lipinski definition) is 0. The van der Waals surface area contributed by atoms with Crippen LogP contribution >= 0.6 is 0 Å². The van der Waals surface area contributed by atoms with Gasteiger partial charge in [0.25, 0.3) is 0 Å². The second-order valence-electron chi connectivity index (χ2n) is 3.12. The molecule has 0 spiro atoms. The van der Waals surface area contributed by atoms with Crippen molar-refractivity contribution >= 4 is 0 Å². The summed E-state index contributed by atoms with van der Waals surface area (Å²) in [6.07, 6.45) is 9.77.